The van der Waals surface area contributed by atoms with Gasteiger partial charge in [0, 0.05) is 0 Å². The molecule has 2 rings (SSSR count). The normalized spacial score (nSPS) is 20.2. The Morgan fingerprint density at radius 1 is 1.16 bits per heavy atom. The van der Waals surface area contributed by atoms with Gasteiger partial charge in [0.1, 0.15) is 7.11 Å². The van der Waals surface area contributed by atoms with Gasteiger partial charge in [0.25, 0.3) is 0 Å². The second-order valence-corrected chi connectivity index (χ2v) is 6.49. The first-order chi connectivity index (χ1) is 9.00. The lowest BCUT2D eigenvalue weighted by Gasteiger charge is -2.25. The minimum Gasteiger partial charge on any atom is -0.399 e. The molecule has 104 valence electrons. The molecule has 2 heteroatoms. The van der Waals surface area contributed by atoms with E-state index in [4.69, 9.17) is 4.84 Å². The van der Waals surface area contributed by atoms with Gasteiger partial charge >= 0.3 is 0 Å². The van der Waals surface area contributed by atoms with Gasteiger partial charge in [-0.05, 0) is 48.1 Å². The number of benzene rings is 1. The summed E-state index contributed by atoms with van der Waals surface area (Å²) in [6.07, 6.45) is 4.52. The highest BCUT2D eigenvalue weighted by Gasteiger charge is 2.21. The Labute approximate surface area is 116 Å². The zero-order valence-corrected chi connectivity index (χ0v) is 12.6. The summed E-state index contributed by atoms with van der Waals surface area (Å²) in [5.74, 6) is 0.679. The monoisotopic (exact) mass is 259 g/mol. The van der Waals surface area contributed by atoms with Crippen LogP contribution in [0.1, 0.15) is 63.5 Å². The van der Waals surface area contributed by atoms with Gasteiger partial charge in [0.2, 0.25) is 0 Å². The third-order valence-corrected chi connectivity index (χ3v) is 4.01. The van der Waals surface area contributed by atoms with E-state index in [0.717, 1.165) is 12.8 Å². The maximum atomic E-state index is 4.87. The highest BCUT2D eigenvalue weighted by atomic mass is 16.6. The summed E-state index contributed by atoms with van der Waals surface area (Å²) in [6, 6.07) is 9.11. The predicted molar refractivity (Wildman–Crippen MR) is 80.8 cm³/mol. The van der Waals surface area contributed by atoms with Crippen LogP contribution < -0.4 is 0 Å². The van der Waals surface area contributed by atoms with Gasteiger partial charge in [-0.25, -0.2) is 0 Å². The van der Waals surface area contributed by atoms with Crippen LogP contribution in [0, 0.1) is 0 Å². The van der Waals surface area contributed by atoms with Crippen molar-refractivity contribution in [2.45, 2.75) is 57.8 Å². The number of hydrogen-bond acceptors (Lipinski definition) is 2. The average Bonchev–Trinajstić information content (AvgIpc) is 2.39. The lowest BCUT2D eigenvalue weighted by atomic mass is 9.80. The summed E-state index contributed by atoms with van der Waals surface area (Å²) in [5.41, 5.74) is 4.36. The molecular weight excluding hydrogens is 234 g/mol. The van der Waals surface area contributed by atoms with Crippen LogP contribution in [0.15, 0.2) is 29.4 Å². The molecule has 2 nitrogen and oxygen atoms in total. The summed E-state index contributed by atoms with van der Waals surface area (Å²) in [6.45, 7) is 6.82. The Bertz CT molecular complexity index is 447. The van der Waals surface area contributed by atoms with Crippen LogP contribution in [0.5, 0.6) is 0 Å². The topological polar surface area (TPSA) is 21.6 Å². The fourth-order valence-electron chi connectivity index (χ4n) is 2.76. The zero-order chi connectivity index (χ0) is 13.9. The van der Waals surface area contributed by atoms with Gasteiger partial charge in [-0.15, -0.1) is 0 Å². The highest BCUT2D eigenvalue weighted by molar-refractivity contribution is 5.84. The third-order valence-electron chi connectivity index (χ3n) is 4.01. The van der Waals surface area contributed by atoms with Crippen molar-refractivity contribution in [3.63, 3.8) is 0 Å². The van der Waals surface area contributed by atoms with E-state index in [2.05, 4.69) is 50.2 Å². The van der Waals surface area contributed by atoms with Crippen LogP contribution in [0.4, 0.5) is 0 Å². The summed E-state index contributed by atoms with van der Waals surface area (Å²) >= 11 is 0. The van der Waals surface area contributed by atoms with Crippen LogP contribution in [-0.4, -0.2) is 12.8 Å². The Kier molecular flexibility index (Phi) is 4.28. The molecule has 0 unspecified atom stereocenters. The van der Waals surface area contributed by atoms with Crippen molar-refractivity contribution >= 4 is 5.71 Å². The Hall–Kier alpha value is -1.31. The van der Waals surface area contributed by atoms with Crippen molar-refractivity contribution in [2.75, 3.05) is 7.11 Å². The molecule has 0 spiro atoms. The fraction of sp³-hybridized carbons (Fsp3) is 0.588. The van der Waals surface area contributed by atoms with Crippen molar-refractivity contribution in [1.82, 2.24) is 0 Å². The van der Waals surface area contributed by atoms with E-state index in [9.17, 15) is 0 Å². The first kappa shape index (κ1) is 14.1. The zero-order valence-electron chi connectivity index (χ0n) is 12.6. The number of nitrogens with zero attached hydrogens (tertiary/aromatic N) is 1. The average molecular weight is 259 g/mol. The summed E-state index contributed by atoms with van der Waals surface area (Å²) < 4.78 is 0. The smallest absolute Gasteiger partial charge is 0.106 e. The lowest BCUT2D eigenvalue weighted by molar-refractivity contribution is 0.210. The SMILES string of the molecule is CON=C1CCC(c2cccc(C(C)(C)C)c2)CC1. The summed E-state index contributed by atoms with van der Waals surface area (Å²) in [5, 5.41) is 4.09. The Morgan fingerprint density at radius 3 is 2.42 bits per heavy atom. The maximum absolute atomic E-state index is 4.87. The fourth-order valence-corrected chi connectivity index (χ4v) is 2.76. The first-order valence-corrected chi connectivity index (χ1v) is 7.20. The molecule has 19 heavy (non-hydrogen) atoms. The molecule has 0 radical (unpaired) electrons. The molecule has 0 N–H and O–H groups in total. The van der Waals surface area contributed by atoms with Gasteiger partial charge in [0.15, 0.2) is 0 Å². The van der Waals surface area contributed by atoms with E-state index < -0.39 is 0 Å². The van der Waals surface area contributed by atoms with Gasteiger partial charge in [0.05, 0.1) is 5.71 Å². The minimum atomic E-state index is 0.230. The van der Waals surface area contributed by atoms with Gasteiger partial charge < -0.3 is 4.84 Å². The maximum Gasteiger partial charge on any atom is 0.106 e. The summed E-state index contributed by atoms with van der Waals surface area (Å²) in [7, 11) is 1.63. The van der Waals surface area contributed by atoms with Crippen molar-refractivity contribution in [1.29, 1.82) is 0 Å². The van der Waals surface area contributed by atoms with Crippen molar-refractivity contribution < 1.29 is 4.84 Å². The van der Waals surface area contributed by atoms with E-state index in [1.165, 1.54) is 29.7 Å². The molecule has 1 aliphatic rings. The molecular formula is C17H25NO. The molecule has 1 aromatic rings. The van der Waals surface area contributed by atoms with E-state index >= 15 is 0 Å². The number of hydrogen-bond donors (Lipinski definition) is 0. The molecule has 0 saturated heterocycles. The van der Waals surface area contributed by atoms with E-state index in [-0.39, 0.29) is 5.41 Å². The molecule has 0 bridgehead atoms. The number of oxime groups is 1. The third kappa shape index (κ3) is 3.59. The highest BCUT2D eigenvalue weighted by Crippen LogP contribution is 2.33. The number of rotatable bonds is 2. The minimum absolute atomic E-state index is 0.230. The second kappa shape index (κ2) is 5.77. The summed E-state index contributed by atoms with van der Waals surface area (Å²) in [4.78, 5) is 4.87. The largest absolute Gasteiger partial charge is 0.399 e. The van der Waals surface area contributed by atoms with Crippen LogP contribution >= 0.6 is 0 Å². The molecule has 1 fully saturated rings. The van der Waals surface area contributed by atoms with Gasteiger partial charge in [-0.3, -0.25) is 0 Å². The van der Waals surface area contributed by atoms with Crippen molar-refractivity contribution in [2.24, 2.45) is 5.16 Å². The lowest BCUT2D eigenvalue weighted by Crippen LogP contribution is -2.15. The van der Waals surface area contributed by atoms with Crippen LogP contribution in [0.3, 0.4) is 0 Å². The molecule has 0 aliphatic heterocycles. The predicted octanol–water partition coefficient (Wildman–Crippen LogP) is 4.64. The van der Waals surface area contributed by atoms with Crippen molar-refractivity contribution in [3.05, 3.63) is 35.4 Å². The molecule has 0 atom stereocenters. The molecule has 0 aromatic heterocycles. The first-order valence-electron chi connectivity index (χ1n) is 7.20. The van der Waals surface area contributed by atoms with E-state index in [1.54, 1.807) is 7.11 Å². The Morgan fingerprint density at radius 2 is 1.84 bits per heavy atom. The van der Waals surface area contributed by atoms with Crippen LogP contribution in [-0.2, 0) is 10.3 Å². The van der Waals surface area contributed by atoms with E-state index in [1.807, 2.05) is 0 Å². The second-order valence-electron chi connectivity index (χ2n) is 6.49. The molecule has 1 aliphatic carbocycles. The molecule has 0 heterocycles. The molecule has 1 saturated carbocycles. The van der Waals surface area contributed by atoms with Crippen LogP contribution in [0.25, 0.3) is 0 Å². The van der Waals surface area contributed by atoms with Gasteiger partial charge in [-0.1, -0.05) is 50.2 Å². The van der Waals surface area contributed by atoms with Crippen LogP contribution in [0.2, 0.25) is 0 Å². The van der Waals surface area contributed by atoms with Gasteiger partial charge in [-0.2, -0.15) is 0 Å². The standard InChI is InChI=1S/C17H25NO/c1-17(2,3)15-7-5-6-14(12-15)13-8-10-16(11-9-13)18-19-4/h5-7,12-13H,8-11H2,1-4H3. The molecule has 1 aromatic carbocycles. The molecule has 0 amide bonds. The Balaban J connectivity index is 2.10. The van der Waals surface area contributed by atoms with E-state index in [0.29, 0.717) is 5.92 Å². The quantitative estimate of drug-likeness (QED) is 0.709. The van der Waals surface area contributed by atoms with Crippen molar-refractivity contribution in [3.8, 4) is 0 Å².